The highest BCUT2D eigenvalue weighted by Gasteiger charge is 2.21. The highest BCUT2D eigenvalue weighted by Crippen LogP contribution is 2.28. The van der Waals surface area contributed by atoms with E-state index in [2.05, 4.69) is 10.1 Å². The summed E-state index contributed by atoms with van der Waals surface area (Å²) >= 11 is 0. The van der Waals surface area contributed by atoms with Crippen LogP contribution in [-0.2, 0) is 4.74 Å². The molecule has 1 aliphatic rings. The van der Waals surface area contributed by atoms with Crippen molar-refractivity contribution in [2.45, 2.75) is 18.9 Å². The molecular weight excluding hydrogens is 192 g/mol. The van der Waals surface area contributed by atoms with Gasteiger partial charge < -0.3 is 10.5 Å². The van der Waals surface area contributed by atoms with Gasteiger partial charge in [0.2, 0.25) is 0 Å². The number of hydrogen-bond donors (Lipinski definition) is 1. The van der Waals surface area contributed by atoms with E-state index in [0.29, 0.717) is 5.82 Å². The van der Waals surface area contributed by atoms with Crippen LogP contribution in [0.5, 0.6) is 0 Å². The fourth-order valence-electron chi connectivity index (χ4n) is 1.90. The molecule has 5 heteroatoms. The van der Waals surface area contributed by atoms with Gasteiger partial charge in [-0.1, -0.05) is 0 Å². The largest absolute Gasteiger partial charge is 0.384 e. The maximum Gasteiger partial charge on any atom is 0.157 e. The van der Waals surface area contributed by atoms with E-state index in [0.717, 1.165) is 30.8 Å². The zero-order valence-corrected chi connectivity index (χ0v) is 8.26. The van der Waals surface area contributed by atoms with Crippen molar-refractivity contribution in [2.24, 2.45) is 0 Å². The van der Waals surface area contributed by atoms with Crippen molar-refractivity contribution in [1.29, 1.82) is 0 Å². The first kappa shape index (κ1) is 8.67. The van der Waals surface area contributed by atoms with Crippen molar-refractivity contribution in [3.05, 3.63) is 24.0 Å². The average molecular weight is 204 g/mol. The average Bonchev–Trinajstić information content (AvgIpc) is 2.86. The van der Waals surface area contributed by atoms with Gasteiger partial charge in [-0.2, -0.15) is 9.61 Å². The number of nitrogen functional groups attached to an aromatic ring is 1. The van der Waals surface area contributed by atoms with Crippen molar-refractivity contribution in [1.82, 2.24) is 14.6 Å². The Morgan fingerprint density at radius 1 is 1.53 bits per heavy atom. The van der Waals surface area contributed by atoms with Crippen LogP contribution in [0.4, 0.5) is 5.82 Å². The van der Waals surface area contributed by atoms with E-state index in [1.807, 2.05) is 6.07 Å². The minimum Gasteiger partial charge on any atom is -0.384 e. The Balaban J connectivity index is 2.09. The van der Waals surface area contributed by atoms with Gasteiger partial charge in [0.25, 0.3) is 0 Å². The zero-order valence-electron chi connectivity index (χ0n) is 8.26. The lowest BCUT2D eigenvalue weighted by atomic mass is 10.2. The first-order chi connectivity index (χ1) is 7.34. The number of fused-ring (bicyclic) bond motifs is 1. The zero-order chi connectivity index (χ0) is 10.3. The Hall–Kier alpha value is -1.62. The SMILES string of the molecule is Nc1ccnc2cc(C3CCCO3)nn12. The molecule has 0 bridgehead atoms. The fraction of sp³-hybridized carbons (Fsp3) is 0.400. The van der Waals surface area contributed by atoms with Crippen LogP contribution in [0.1, 0.15) is 24.6 Å². The molecule has 0 aromatic carbocycles. The van der Waals surface area contributed by atoms with Crippen LogP contribution in [0.2, 0.25) is 0 Å². The first-order valence-electron chi connectivity index (χ1n) is 5.06. The van der Waals surface area contributed by atoms with Gasteiger partial charge in [0.05, 0.1) is 5.69 Å². The van der Waals surface area contributed by atoms with Crippen LogP contribution in [0.25, 0.3) is 5.65 Å². The Morgan fingerprint density at radius 3 is 3.20 bits per heavy atom. The lowest BCUT2D eigenvalue weighted by Crippen LogP contribution is -2.01. The highest BCUT2D eigenvalue weighted by molar-refractivity contribution is 5.46. The summed E-state index contributed by atoms with van der Waals surface area (Å²) in [6.45, 7) is 0.821. The molecule has 1 unspecified atom stereocenters. The Labute approximate surface area is 86.9 Å². The minimum absolute atomic E-state index is 0.117. The van der Waals surface area contributed by atoms with E-state index in [1.165, 1.54) is 0 Å². The van der Waals surface area contributed by atoms with Crippen LogP contribution >= 0.6 is 0 Å². The molecule has 1 atom stereocenters. The lowest BCUT2D eigenvalue weighted by Gasteiger charge is -2.03. The standard InChI is InChI=1S/C10H12N4O/c11-9-3-4-12-10-6-7(13-14(9)10)8-2-1-5-15-8/h3-4,6,8H,1-2,5,11H2. The Bertz CT molecular complexity index is 487. The molecule has 78 valence electrons. The summed E-state index contributed by atoms with van der Waals surface area (Å²) in [6, 6.07) is 3.67. The molecule has 1 saturated heterocycles. The molecule has 2 N–H and O–H groups in total. The lowest BCUT2D eigenvalue weighted by molar-refractivity contribution is 0.108. The molecule has 2 aromatic heterocycles. The summed E-state index contributed by atoms with van der Waals surface area (Å²) < 4.78 is 7.21. The summed E-state index contributed by atoms with van der Waals surface area (Å²) in [6.07, 6.45) is 3.93. The maximum atomic E-state index is 5.79. The van der Waals surface area contributed by atoms with Crippen molar-refractivity contribution >= 4 is 11.5 Å². The van der Waals surface area contributed by atoms with Gasteiger partial charge in [-0.15, -0.1) is 0 Å². The summed E-state index contributed by atoms with van der Waals surface area (Å²) in [5.74, 6) is 0.601. The number of ether oxygens (including phenoxy) is 1. The summed E-state index contributed by atoms with van der Waals surface area (Å²) in [4.78, 5) is 4.20. The van der Waals surface area contributed by atoms with E-state index in [1.54, 1.807) is 16.8 Å². The van der Waals surface area contributed by atoms with Gasteiger partial charge in [0.15, 0.2) is 5.65 Å². The predicted molar refractivity (Wildman–Crippen MR) is 55.3 cm³/mol. The van der Waals surface area contributed by atoms with Gasteiger partial charge in [-0.25, -0.2) is 4.98 Å². The third-order valence-electron chi connectivity index (χ3n) is 2.67. The minimum atomic E-state index is 0.117. The van der Waals surface area contributed by atoms with Crippen LogP contribution in [0.15, 0.2) is 18.3 Å². The fourth-order valence-corrected chi connectivity index (χ4v) is 1.90. The van der Waals surface area contributed by atoms with Gasteiger partial charge >= 0.3 is 0 Å². The molecule has 0 amide bonds. The van der Waals surface area contributed by atoms with E-state index >= 15 is 0 Å². The van der Waals surface area contributed by atoms with Gasteiger partial charge in [0, 0.05) is 18.9 Å². The molecule has 5 nitrogen and oxygen atoms in total. The van der Waals surface area contributed by atoms with E-state index < -0.39 is 0 Å². The second-order valence-corrected chi connectivity index (χ2v) is 3.71. The quantitative estimate of drug-likeness (QED) is 0.757. The smallest absolute Gasteiger partial charge is 0.157 e. The molecule has 0 aliphatic carbocycles. The highest BCUT2D eigenvalue weighted by atomic mass is 16.5. The van der Waals surface area contributed by atoms with Gasteiger partial charge in [-0.05, 0) is 18.9 Å². The molecule has 1 aliphatic heterocycles. The molecular formula is C10H12N4O. The molecule has 3 heterocycles. The third kappa shape index (κ3) is 1.35. The number of nitrogens with zero attached hydrogens (tertiary/aromatic N) is 3. The summed E-state index contributed by atoms with van der Waals surface area (Å²) in [5, 5.41) is 4.40. The van der Waals surface area contributed by atoms with Crippen LogP contribution < -0.4 is 5.73 Å². The summed E-state index contributed by atoms with van der Waals surface area (Å²) in [7, 11) is 0. The number of nitrogens with two attached hydrogens (primary N) is 1. The van der Waals surface area contributed by atoms with Crippen molar-refractivity contribution in [3.63, 3.8) is 0 Å². The molecule has 15 heavy (non-hydrogen) atoms. The van der Waals surface area contributed by atoms with Crippen molar-refractivity contribution < 1.29 is 4.74 Å². The van der Waals surface area contributed by atoms with E-state index in [9.17, 15) is 0 Å². The topological polar surface area (TPSA) is 65.4 Å². The van der Waals surface area contributed by atoms with Crippen molar-refractivity contribution in [2.75, 3.05) is 12.3 Å². The Morgan fingerprint density at radius 2 is 2.47 bits per heavy atom. The molecule has 2 aromatic rings. The molecule has 3 rings (SSSR count). The number of hydrogen-bond acceptors (Lipinski definition) is 4. The normalized spacial score (nSPS) is 21.2. The van der Waals surface area contributed by atoms with E-state index in [4.69, 9.17) is 10.5 Å². The Kier molecular flexibility index (Phi) is 1.85. The molecule has 0 radical (unpaired) electrons. The van der Waals surface area contributed by atoms with E-state index in [-0.39, 0.29) is 6.10 Å². The van der Waals surface area contributed by atoms with Crippen LogP contribution in [0, 0.1) is 0 Å². The predicted octanol–water partition coefficient (Wildman–Crippen LogP) is 1.16. The molecule has 0 saturated carbocycles. The third-order valence-corrected chi connectivity index (χ3v) is 2.67. The summed E-state index contributed by atoms with van der Waals surface area (Å²) in [5.41, 5.74) is 7.49. The van der Waals surface area contributed by atoms with Gasteiger partial charge in [0.1, 0.15) is 11.9 Å². The number of rotatable bonds is 1. The second-order valence-electron chi connectivity index (χ2n) is 3.71. The maximum absolute atomic E-state index is 5.79. The molecule has 1 fully saturated rings. The monoisotopic (exact) mass is 204 g/mol. The molecule has 0 spiro atoms. The number of anilines is 1. The van der Waals surface area contributed by atoms with Gasteiger partial charge in [-0.3, -0.25) is 0 Å². The second kappa shape index (κ2) is 3.20. The number of aromatic nitrogens is 3. The van der Waals surface area contributed by atoms with Crippen LogP contribution in [0.3, 0.4) is 0 Å². The van der Waals surface area contributed by atoms with Crippen molar-refractivity contribution in [3.8, 4) is 0 Å². The first-order valence-corrected chi connectivity index (χ1v) is 5.06. The van der Waals surface area contributed by atoms with Crippen LogP contribution in [-0.4, -0.2) is 21.2 Å².